The molecule has 5 nitrogen and oxygen atoms in total. The molecular weight excluding hydrogens is 288 g/mol. The molecule has 0 bridgehead atoms. The van der Waals surface area contributed by atoms with Gasteiger partial charge in [0.25, 0.3) is 0 Å². The zero-order valence-corrected chi connectivity index (χ0v) is 13.6. The monoisotopic (exact) mass is 312 g/mol. The number of ether oxygens (including phenoxy) is 2. The molecule has 1 fully saturated rings. The Balaban J connectivity index is 1.65. The van der Waals surface area contributed by atoms with Gasteiger partial charge in [0.05, 0.1) is 30.0 Å². The first-order chi connectivity index (χ1) is 10.2. The maximum absolute atomic E-state index is 11.8. The molecule has 1 aromatic rings. The molecule has 21 heavy (non-hydrogen) atoms. The van der Waals surface area contributed by atoms with E-state index in [9.17, 15) is 4.79 Å². The van der Waals surface area contributed by atoms with Gasteiger partial charge in [-0.25, -0.2) is 4.98 Å². The second kappa shape index (κ2) is 8.46. The number of carbonyl (C=O) groups is 1. The summed E-state index contributed by atoms with van der Waals surface area (Å²) in [5.74, 6) is -0.0843. The quantitative estimate of drug-likeness (QED) is 0.838. The molecule has 6 heteroatoms. The molecule has 1 unspecified atom stereocenters. The molecule has 0 radical (unpaired) electrons. The molecule has 1 N–H and O–H groups in total. The van der Waals surface area contributed by atoms with Crippen LogP contribution in [0.2, 0.25) is 0 Å². The predicted molar refractivity (Wildman–Crippen MR) is 82.5 cm³/mol. The fourth-order valence-electron chi connectivity index (χ4n) is 2.38. The molecule has 0 aromatic carbocycles. The van der Waals surface area contributed by atoms with Gasteiger partial charge < -0.3 is 14.8 Å². The number of aromatic nitrogens is 1. The normalized spacial score (nSPS) is 18.7. The number of carbonyl (C=O) groups excluding carboxylic acids is 1. The highest BCUT2D eigenvalue weighted by Gasteiger charge is 2.14. The molecule has 1 saturated heterocycles. The number of aryl methyl sites for hydroxylation is 2. The van der Waals surface area contributed by atoms with Gasteiger partial charge in [-0.15, -0.1) is 11.3 Å². The van der Waals surface area contributed by atoms with Crippen molar-refractivity contribution in [2.75, 3.05) is 19.8 Å². The number of hydrogen-bond donors (Lipinski definition) is 1. The zero-order chi connectivity index (χ0) is 15.1. The van der Waals surface area contributed by atoms with Gasteiger partial charge in [-0.05, 0) is 32.6 Å². The van der Waals surface area contributed by atoms with E-state index in [2.05, 4.69) is 17.2 Å². The van der Waals surface area contributed by atoms with Crippen molar-refractivity contribution in [3.63, 3.8) is 0 Å². The van der Waals surface area contributed by atoms with E-state index in [1.165, 1.54) is 6.42 Å². The molecule has 0 aliphatic carbocycles. The lowest BCUT2D eigenvalue weighted by Gasteiger charge is -2.22. The zero-order valence-electron chi connectivity index (χ0n) is 12.8. The van der Waals surface area contributed by atoms with E-state index in [0.29, 0.717) is 13.2 Å². The Morgan fingerprint density at radius 1 is 1.52 bits per heavy atom. The molecule has 1 aliphatic heterocycles. The number of amides is 1. The van der Waals surface area contributed by atoms with Gasteiger partial charge in [0, 0.05) is 11.5 Å². The molecule has 1 atom stereocenters. The summed E-state index contributed by atoms with van der Waals surface area (Å²) in [5.41, 5.74) is 1.08. The topological polar surface area (TPSA) is 60.5 Å². The average Bonchev–Trinajstić information content (AvgIpc) is 2.86. The van der Waals surface area contributed by atoms with Gasteiger partial charge in [-0.3, -0.25) is 4.79 Å². The van der Waals surface area contributed by atoms with E-state index >= 15 is 0 Å². The summed E-state index contributed by atoms with van der Waals surface area (Å²) in [6.45, 7) is 6.02. The lowest BCUT2D eigenvalue weighted by molar-refractivity contribution is -0.128. The number of nitrogens with zero attached hydrogens (tertiary/aromatic N) is 1. The molecule has 1 aliphatic rings. The Morgan fingerprint density at radius 2 is 2.38 bits per heavy atom. The third-order valence-corrected chi connectivity index (χ3v) is 4.49. The van der Waals surface area contributed by atoms with Crippen LogP contribution in [0, 0.1) is 6.92 Å². The summed E-state index contributed by atoms with van der Waals surface area (Å²) in [6.07, 6.45) is 4.39. The Hall–Kier alpha value is -0.980. The first-order valence-corrected chi connectivity index (χ1v) is 8.42. The smallest absolute Gasteiger partial charge is 0.246 e. The highest BCUT2D eigenvalue weighted by atomic mass is 32.1. The van der Waals surface area contributed by atoms with E-state index in [1.807, 2.05) is 6.92 Å². The predicted octanol–water partition coefficient (Wildman–Crippen LogP) is 2.22. The van der Waals surface area contributed by atoms with Gasteiger partial charge in [-0.2, -0.15) is 0 Å². The Bertz CT molecular complexity index is 456. The second-order valence-electron chi connectivity index (χ2n) is 5.24. The highest BCUT2D eigenvalue weighted by Crippen LogP contribution is 2.18. The minimum absolute atomic E-state index is 0.0843. The lowest BCUT2D eigenvalue weighted by Crippen LogP contribution is -2.30. The van der Waals surface area contributed by atoms with Crippen molar-refractivity contribution in [1.29, 1.82) is 0 Å². The highest BCUT2D eigenvalue weighted by molar-refractivity contribution is 7.11. The molecule has 1 amide bonds. The first kappa shape index (κ1) is 16.4. The van der Waals surface area contributed by atoms with Crippen molar-refractivity contribution in [1.82, 2.24) is 10.3 Å². The number of thiazole rings is 1. The molecule has 1 aromatic heterocycles. The van der Waals surface area contributed by atoms with E-state index in [-0.39, 0.29) is 18.6 Å². The largest absolute Gasteiger partial charge is 0.376 e. The SMILES string of the molecule is CCc1nc(C)sc1CNC(=O)COCC1CCCCO1. The third kappa shape index (κ3) is 5.37. The minimum atomic E-state index is -0.0843. The Labute approximate surface area is 130 Å². The second-order valence-corrected chi connectivity index (χ2v) is 6.52. The minimum Gasteiger partial charge on any atom is -0.376 e. The van der Waals surface area contributed by atoms with Gasteiger partial charge in [0.2, 0.25) is 5.91 Å². The van der Waals surface area contributed by atoms with Crippen LogP contribution in [-0.2, 0) is 27.2 Å². The molecular formula is C15H24N2O3S. The maximum Gasteiger partial charge on any atom is 0.246 e. The van der Waals surface area contributed by atoms with Crippen LogP contribution < -0.4 is 5.32 Å². The van der Waals surface area contributed by atoms with Crippen molar-refractivity contribution < 1.29 is 14.3 Å². The van der Waals surface area contributed by atoms with Crippen LogP contribution >= 0.6 is 11.3 Å². The number of rotatable bonds is 7. The van der Waals surface area contributed by atoms with Gasteiger partial charge in [0.15, 0.2) is 0 Å². The summed E-state index contributed by atoms with van der Waals surface area (Å²) < 4.78 is 11.0. The average molecular weight is 312 g/mol. The molecule has 118 valence electrons. The summed E-state index contributed by atoms with van der Waals surface area (Å²) in [5, 5.41) is 3.93. The van der Waals surface area contributed by atoms with E-state index in [0.717, 1.165) is 41.4 Å². The maximum atomic E-state index is 11.8. The fourth-order valence-corrected chi connectivity index (χ4v) is 3.34. The molecule has 2 rings (SSSR count). The van der Waals surface area contributed by atoms with Crippen molar-refractivity contribution in [2.45, 2.75) is 52.2 Å². The van der Waals surface area contributed by atoms with E-state index in [4.69, 9.17) is 9.47 Å². The molecule has 2 heterocycles. The van der Waals surface area contributed by atoms with Crippen molar-refractivity contribution >= 4 is 17.2 Å². The van der Waals surface area contributed by atoms with Crippen molar-refractivity contribution in [3.8, 4) is 0 Å². The van der Waals surface area contributed by atoms with Gasteiger partial charge in [-0.1, -0.05) is 6.92 Å². The Kier molecular flexibility index (Phi) is 6.60. The fraction of sp³-hybridized carbons (Fsp3) is 0.733. The number of hydrogen-bond acceptors (Lipinski definition) is 5. The summed E-state index contributed by atoms with van der Waals surface area (Å²) in [7, 11) is 0. The standard InChI is InChI=1S/C15H24N2O3S/c1-3-13-14(21-11(2)17-13)8-16-15(18)10-19-9-12-6-4-5-7-20-12/h12H,3-10H2,1-2H3,(H,16,18). The Morgan fingerprint density at radius 3 is 3.10 bits per heavy atom. The third-order valence-electron chi connectivity index (χ3n) is 3.48. The van der Waals surface area contributed by atoms with Crippen molar-refractivity contribution in [2.24, 2.45) is 0 Å². The molecule has 0 saturated carbocycles. The van der Waals surface area contributed by atoms with Gasteiger partial charge >= 0.3 is 0 Å². The van der Waals surface area contributed by atoms with Crippen LogP contribution in [0.3, 0.4) is 0 Å². The van der Waals surface area contributed by atoms with E-state index < -0.39 is 0 Å². The van der Waals surface area contributed by atoms with Crippen LogP contribution in [0.25, 0.3) is 0 Å². The summed E-state index contributed by atoms with van der Waals surface area (Å²) in [4.78, 5) is 17.4. The van der Waals surface area contributed by atoms with Gasteiger partial charge in [0.1, 0.15) is 6.61 Å². The lowest BCUT2D eigenvalue weighted by atomic mass is 10.1. The summed E-state index contributed by atoms with van der Waals surface area (Å²) in [6, 6.07) is 0. The van der Waals surface area contributed by atoms with Crippen LogP contribution in [0.15, 0.2) is 0 Å². The van der Waals surface area contributed by atoms with Crippen LogP contribution in [-0.4, -0.2) is 36.8 Å². The molecule has 0 spiro atoms. The van der Waals surface area contributed by atoms with Crippen LogP contribution in [0.1, 0.15) is 41.8 Å². The van der Waals surface area contributed by atoms with Crippen LogP contribution in [0.5, 0.6) is 0 Å². The summed E-state index contributed by atoms with van der Waals surface area (Å²) >= 11 is 1.64. The van der Waals surface area contributed by atoms with Crippen LogP contribution in [0.4, 0.5) is 0 Å². The first-order valence-electron chi connectivity index (χ1n) is 7.60. The number of nitrogens with one attached hydrogen (secondary N) is 1. The van der Waals surface area contributed by atoms with E-state index in [1.54, 1.807) is 11.3 Å². The van der Waals surface area contributed by atoms with Crippen molar-refractivity contribution in [3.05, 3.63) is 15.6 Å².